The second-order valence-electron chi connectivity index (χ2n) is 10.5. The summed E-state index contributed by atoms with van der Waals surface area (Å²) in [6.07, 6.45) is 12.9. The highest BCUT2D eigenvalue weighted by atomic mass is 19.1. The van der Waals surface area contributed by atoms with E-state index in [4.69, 9.17) is 4.74 Å². The average Bonchev–Trinajstić information content (AvgIpc) is 2.90. The number of halogens is 1. The normalized spacial score (nSPS) is 20.8. The summed E-state index contributed by atoms with van der Waals surface area (Å²) < 4.78 is 19.3. The topological polar surface area (TPSA) is 33.0 Å². The van der Waals surface area contributed by atoms with Gasteiger partial charge in [-0.05, 0) is 73.3 Å². The number of nitrogens with zero attached hydrogens (tertiary/aromatic N) is 1. The molecule has 0 aliphatic heterocycles. The van der Waals surface area contributed by atoms with E-state index in [-0.39, 0.29) is 5.41 Å². The number of hydrogen-bond acceptors (Lipinski definition) is 2. The molecule has 1 aliphatic carbocycles. The number of rotatable bonds is 14. The van der Waals surface area contributed by atoms with Crippen LogP contribution in [0.5, 0.6) is 5.75 Å². The highest BCUT2D eigenvalue weighted by Gasteiger charge is 2.35. The van der Waals surface area contributed by atoms with Crippen LogP contribution in [0.25, 0.3) is 11.1 Å². The van der Waals surface area contributed by atoms with Crippen LogP contribution in [-0.2, 0) is 0 Å². The molecule has 1 saturated carbocycles. The minimum Gasteiger partial charge on any atom is -0.493 e. The van der Waals surface area contributed by atoms with Crippen molar-refractivity contribution < 1.29 is 9.13 Å². The zero-order valence-corrected chi connectivity index (χ0v) is 21.9. The van der Waals surface area contributed by atoms with Crippen molar-refractivity contribution in [3.05, 3.63) is 54.1 Å². The maximum absolute atomic E-state index is 13.6. The zero-order chi connectivity index (χ0) is 24.9. The van der Waals surface area contributed by atoms with Crippen LogP contribution in [0.2, 0.25) is 0 Å². The van der Waals surface area contributed by atoms with Gasteiger partial charge in [-0.15, -0.1) is 0 Å². The lowest BCUT2D eigenvalue weighted by molar-refractivity contribution is 0.223. The first kappa shape index (κ1) is 27.3. The zero-order valence-electron chi connectivity index (χ0n) is 21.9. The summed E-state index contributed by atoms with van der Waals surface area (Å²) >= 11 is 0. The number of nitriles is 1. The van der Waals surface area contributed by atoms with E-state index in [1.165, 1.54) is 43.2 Å². The van der Waals surface area contributed by atoms with Crippen molar-refractivity contribution in [3.8, 4) is 22.9 Å². The molecule has 1 aliphatic rings. The number of hydrogen-bond donors (Lipinski definition) is 0. The van der Waals surface area contributed by atoms with E-state index in [1.54, 1.807) is 0 Å². The van der Waals surface area contributed by atoms with Gasteiger partial charge in [0.1, 0.15) is 11.9 Å². The molecule has 0 bridgehead atoms. The summed E-state index contributed by atoms with van der Waals surface area (Å²) in [6, 6.07) is 19.8. The van der Waals surface area contributed by atoms with E-state index in [1.807, 2.05) is 19.1 Å². The fourth-order valence-electron chi connectivity index (χ4n) is 5.44. The summed E-state index contributed by atoms with van der Waals surface area (Å²) in [5.41, 5.74) is 3.67. The SMILES string of the molecule is CCCCCCCC1(C#N)CCC(c2ccc(-c3ccc(OCC[C@H](F)CCC)cc3)cc2)CC1. The molecule has 2 aromatic carbocycles. The van der Waals surface area contributed by atoms with Gasteiger partial charge in [0.25, 0.3) is 0 Å². The molecule has 0 radical (unpaired) electrons. The standard InChI is InChI=1S/C32H44FNO/c1-3-5-6-7-8-21-32(25-34)22-18-29(19-23-32)27-12-10-26(11-13-27)28-14-16-31(17-15-28)35-24-20-30(33)9-4-2/h10-17,29-30H,3-9,18-24H2,1-2H3/t29?,30-,32?/m1/s1. The highest BCUT2D eigenvalue weighted by molar-refractivity contribution is 5.64. The van der Waals surface area contributed by atoms with Crippen LogP contribution in [0.15, 0.2) is 48.5 Å². The van der Waals surface area contributed by atoms with E-state index < -0.39 is 6.17 Å². The third kappa shape index (κ3) is 8.38. The third-order valence-electron chi connectivity index (χ3n) is 7.81. The molecule has 0 heterocycles. The van der Waals surface area contributed by atoms with E-state index in [9.17, 15) is 9.65 Å². The van der Waals surface area contributed by atoms with Gasteiger partial charge in [0.2, 0.25) is 0 Å². The third-order valence-corrected chi connectivity index (χ3v) is 7.81. The minimum atomic E-state index is -0.770. The summed E-state index contributed by atoms with van der Waals surface area (Å²) in [5.74, 6) is 1.36. The van der Waals surface area contributed by atoms with Crippen molar-refractivity contribution in [1.82, 2.24) is 0 Å². The van der Waals surface area contributed by atoms with Gasteiger partial charge in [-0.25, -0.2) is 4.39 Å². The molecule has 35 heavy (non-hydrogen) atoms. The van der Waals surface area contributed by atoms with Crippen molar-refractivity contribution in [1.29, 1.82) is 5.26 Å². The van der Waals surface area contributed by atoms with Crippen LogP contribution >= 0.6 is 0 Å². The molecule has 0 unspecified atom stereocenters. The highest BCUT2D eigenvalue weighted by Crippen LogP contribution is 2.46. The van der Waals surface area contributed by atoms with E-state index in [0.717, 1.165) is 49.8 Å². The predicted molar refractivity (Wildman–Crippen MR) is 144 cm³/mol. The summed E-state index contributed by atoms with van der Waals surface area (Å²) in [5, 5.41) is 9.90. The molecule has 0 saturated heterocycles. The van der Waals surface area contributed by atoms with E-state index >= 15 is 0 Å². The molecule has 0 N–H and O–H groups in total. The molecule has 190 valence electrons. The van der Waals surface area contributed by atoms with Crippen LogP contribution in [0.1, 0.15) is 109 Å². The van der Waals surface area contributed by atoms with Crippen molar-refractivity contribution in [2.24, 2.45) is 5.41 Å². The lowest BCUT2D eigenvalue weighted by atomic mass is 9.67. The fourth-order valence-corrected chi connectivity index (χ4v) is 5.44. The number of alkyl halides is 1. The van der Waals surface area contributed by atoms with E-state index in [0.29, 0.717) is 25.4 Å². The van der Waals surface area contributed by atoms with Gasteiger partial charge in [0.15, 0.2) is 0 Å². The Hall–Kier alpha value is -2.34. The lowest BCUT2D eigenvalue weighted by Crippen LogP contribution is -2.25. The van der Waals surface area contributed by atoms with Crippen molar-refractivity contribution in [2.45, 2.75) is 109 Å². The van der Waals surface area contributed by atoms with Gasteiger partial charge < -0.3 is 4.74 Å². The number of benzene rings is 2. The first-order valence-corrected chi connectivity index (χ1v) is 14.0. The summed E-state index contributed by atoms with van der Waals surface area (Å²) in [7, 11) is 0. The first-order chi connectivity index (χ1) is 17.1. The second-order valence-corrected chi connectivity index (χ2v) is 10.5. The maximum atomic E-state index is 13.6. The van der Waals surface area contributed by atoms with Crippen molar-refractivity contribution >= 4 is 0 Å². The van der Waals surface area contributed by atoms with Gasteiger partial charge in [-0.3, -0.25) is 0 Å². The van der Waals surface area contributed by atoms with Crippen LogP contribution in [0.4, 0.5) is 4.39 Å². The Morgan fingerprint density at radius 3 is 2.11 bits per heavy atom. The van der Waals surface area contributed by atoms with E-state index in [2.05, 4.69) is 49.4 Å². The van der Waals surface area contributed by atoms with Crippen LogP contribution in [0, 0.1) is 16.7 Å². The molecule has 2 nitrogen and oxygen atoms in total. The summed E-state index contributed by atoms with van der Waals surface area (Å²) in [6.45, 7) is 4.67. The largest absolute Gasteiger partial charge is 0.493 e. The Labute approximate surface area is 212 Å². The Bertz CT molecular complexity index is 891. The Morgan fingerprint density at radius 2 is 1.51 bits per heavy atom. The van der Waals surface area contributed by atoms with Gasteiger partial charge in [0, 0.05) is 6.42 Å². The number of ether oxygens (including phenoxy) is 1. The quantitative estimate of drug-likeness (QED) is 0.254. The first-order valence-electron chi connectivity index (χ1n) is 14.0. The molecular formula is C32H44FNO. The minimum absolute atomic E-state index is 0.0897. The van der Waals surface area contributed by atoms with Gasteiger partial charge in [0.05, 0.1) is 18.1 Å². The molecular weight excluding hydrogens is 433 g/mol. The second kappa shape index (κ2) is 14.3. The molecule has 3 rings (SSSR count). The van der Waals surface area contributed by atoms with Gasteiger partial charge in [-0.2, -0.15) is 5.26 Å². The fraction of sp³-hybridized carbons (Fsp3) is 0.594. The smallest absolute Gasteiger partial charge is 0.119 e. The Morgan fingerprint density at radius 1 is 0.886 bits per heavy atom. The number of unbranched alkanes of at least 4 members (excludes halogenated alkanes) is 4. The molecule has 1 atom stereocenters. The molecule has 0 aromatic heterocycles. The van der Waals surface area contributed by atoms with Gasteiger partial charge in [-0.1, -0.05) is 88.8 Å². The summed E-state index contributed by atoms with van der Waals surface area (Å²) in [4.78, 5) is 0. The molecule has 3 heteroatoms. The van der Waals surface area contributed by atoms with Crippen LogP contribution in [-0.4, -0.2) is 12.8 Å². The maximum Gasteiger partial charge on any atom is 0.119 e. The molecule has 0 spiro atoms. The monoisotopic (exact) mass is 477 g/mol. The van der Waals surface area contributed by atoms with Crippen LogP contribution < -0.4 is 4.74 Å². The molecule has 1 fully saturated rings. The van der Waals surface area contributed by atoms with Crippen molar-refractivity contribution in [2.75, 3.05) is 6.61 Å². The Balaban J connectivity index is 1.48. The molecule has 0 amide bonds. The van der Waals surface area contributed by atoms with Crippen LogP contribution in [0.3, 0.4) is 0 Å². The van der Waals surface area contributed by atoms with Crippen molar-refractivity contribution in [3.63, 3.8) is 0 Å². The predicted octanol–water partition coefficient (Wildman–Crippen LogP) is 9.79. The average molecular weight is 478 g/mol. The molecule has 2 aromatic rings. The lowest BCUT2D eigenvalue weighted by Gasteiger charge is -2.35. The Kier molecular flexibility index (Phi) is 11.1. The van der Waals surface area contributed by atoms with Gasteiger partial charge >= 0.3 is 0 Å².